The first-order chi connectivity index (χ1) is 15.1. The molecule has 1 aromatic carbocycles. The Morgan fingerprint density at radius 2 is 1.84 bits per heavy atom. The average Bonchev–Trinajstić information content (AvgIpc) is 2.72. The summed E-state index contributed by atoms with van der Waals surface area (Å²) >= 11 is 0. The number of aliphatic hydroxyl groups is 1. The molecule has 0 radical (unpaired) electrons. The number of benzene rings is 1. The van der Waals surface area contributed by atoms with E-state index in [-0.39, 0.29) is 24.2 Å². The molecule has 0 heterocycles. The molecule has 2 unspecified atom stereocenters. The molecule has 1 aromatic rings. The van der Waals surface area contributed by atoms with E-state index in [1.807, 2.05) is 0 Å². The van der Waals surface area contributed by atoms with Crippen LogP contribution < -0.4 is 5.73 Å². The molecule has 0 bridgehead atoms. The van der Waals surface area contributed by atoms with E-state index in [0.717, 1.165) is 31.2 Å². The van der Waals surface area contributed by atoms with Crippen molar-refractivity contribution in [2.45, 2.75) is 57.5 Å². The summed E-state index contributed by atoms with van der Waals surface area (Å²) in [7, 11) is 0. The Morgan fingerprint density at radius 3 is 2.50 bits per heavy atom. The number of unbranched alkanes of at least 4 members (excludes halogenated alkanes) is 2. The number of carbonyl (C=O) groups is 5. The van der Waals surface area contributed by atoms with Gasteiger partial charge in [0.05, 0.1) is 11.5 Å². The molecule has 170 valence electrons. The van der Waals surface area contributed by atoms with Crippen molar-refractivity contribution in [3.63, 3.8) is 0 Å². The lowest BCUT2D eigenvalue weighted by Crippen LogP contribution is -2.68. The molecule has 3 aliphatic rings. The molecule has 32 heavy (non-hydrogen) atoms. The minimum atomic E-state index is -2.60. The molecule has 0 aliphatic heterocycles. The number of nitrogens with two attached hydrogens (primary N) is 1. The van der Waals surface area contributed by atoms with Crippen LogP contribution in [0, 0.1) is 23.7 Å². The molecule has 5 atom stereocenters. The standard InChI is InChI=1S/C24H27NO7/c1-2-3-4-5-11-6-7-15(26)18-14(11)9-12-8-13-10-16(27)19(23(25)31)22(30)24(13,32)21(29)17(12)20(18)28/h6-7,12-13,17,19,26,32H,2-5,8-10H2,1H3,(H2,25,31)/t12-,13+,17?,19?,24+/m1/s1. The summed E-state index contributed by atoms with van der Waals surface area (Å²) < 4.78 is 0. The van der Waals surface area contributed by atoms with Crippen molar-refractivity contribution in [3.05, 3.63) is 28.8 Å². The molecule has 8 heteroatoms. The molecule has 3 aliphatic carbocycles. The highest BCUT2D eigenvalue weighted by Gasteiger charge is 2.66. The van der Waals surface area contributed by atoms with Crippen LogP contribution >= 0.6 is 0 Å². The number of carbonyl (C=O) groups excluding carboxylic acids is 5. The van der Waals surface area contributed by atoms with Gasteiger partial charge in [-0.1, -0.05) is 25.8 Å². The molecule has 0 aromatic heterocycles. The predicted octanol–water partition coefficient (Wildman–Crippen LogP) is 1.06. The number of ketones is 4. The van der Waals surface area contributed by atoms with Gasteiger partial charge in [-0.15, -0.1) is 0 Å². The van der Waals surface area contributed by atoms with Crippen LogP contribution in [-0.2, 0) is 32.0 Å². The first-order valence-electron chi connectivity index (χ1n) is 11.1. The lowest BCUT2D eigenvalue weighted by atomic mass is 9.53. The number of amides is 1. The minimum Gasteiger partial charge on any atom is -0.507 e. The van der Waals surface area contributed by atoms with Crippen LogP contribution in [0.1, 0.15) is 60.5 Å². The van der Waals surface area contributed by atoms with Gasteiger partial charge in [0.15, 0.2) is 34.7 Å². The summed E-state index contributed by atoms with van der Waals surface area (Å²) in [6.45, 7) is 2.09. The van der Waals surface area contributed by atoms with Crippen molar-refractivity contribution >= 4 is 29.0 Å². The molecule has 0 saturated heterocycles. The summed E-state index contributed by atoms with van der Waals surface area (Å²) in [4.78, 5) is 63.7. The van der Waals surface area contributed by atoms with E-state index in [0.29, 0.717) is 12.0 Å². The van der Waals surface area contributed by atoms with Crippen molar-refractivity contribution in [1.82, 2.24) is 0 Å². The molecule has 2 fully saturated rings. The molecule has 1 amide bonds. The molecule has 4 rings (SSSR count). The van der Waals surface area contributed by atoms with E-state index in [1.165, 1.54) is 6.07 Å². The van der Waals surface area contributed by atoms with Crippen molar-refractivity contribution in [1.29, 1.82) is 0 Å². The second-order valence-corrected chi connectivity index (χ2v) is 9.29. The monoisotopic (exact) mass is 441 g/mol. The van der Waals surface area contributed by atoms with Gasteiger partial charge in [0.25, 0.3) is 0 Å². The lowest BCUT2D eigenvalue weighted by Gasteiger charge is -2.48. The van der Waals surface area contributed by atoms with Crippen molar-refractivity contribution in [2.75, 3.05) is 0 Å². The summed E-state index contributed by atoms with van der Waals surface area (Å²) in [5.41, 5.74) is 4.29. The van der Waals surface area contributed by atoms with E-state index in [9.17, 15) is 34.2 Å². The maximum absolute atomic E-state index is 13.4. The third kappa shape index (κ3) is 3.11. The Morgan fingerprint density at radius 1 is 1.12 bits per heavy atom. The van der Waals surface area contributed by atoms with Gasteiger partial charge < -0.3 is 15.9 Å². The maximum Gasteiger partial charge on any atom is 0.235 e. The number of hydrogen-bond acceptors (Lipinski definition) is 7. The van der Waals surface area contributed by atoms with Gasteiger partial charge >= 0.3 is 0 Å². The third-order valence-electron chi connectivity index (χ3n) is 7.43. The fourth-order valence-electron chi connectivity index (χ4n) is 5.83. The quantitative estimate of drug-likeness (QED) is 0.456. The van der Waals surface area contributed by atoms with Gasteiger partial charge in [0.2, 0.25) is 5.91 Å². The average molecular weight is 441 g/mol. The molecule has 2 saturated carbocycles. The Hall–Kier alpha value is -2.87. The normalized spacial score (nSPS) is 31.7. The molecule has 0 spiro atoms. The summed E-state index contributed by atoms with van der Waals surface area (Å²) in [5.74, 6) is -9.69. The summed E-state index contributed by atoms with van der Waals surface area (Å²) in [5, 5.41) is 21.6. The van der Waals surface area contributed by atoms with Crippen LogP contribution in [0.5, 0.6) is 5.75 Å². The largest absolute Gasteiger partial charge is 0.507 e. The molecule has 4 N–H and O–H groups in total. The molecule has 8 nitrogen and oxygen atoms in total. The van der Waals surface area contributed by atoms with Gasteiger partial charge in [-0.2, -0.15) is 0 Å². The number of phenols is 1. The number of hydrogen-bond donors (Lipinski definition) is 3. The number of fused-ring (bicyclic) bond motifs is 3. The second-order valence-electron chi connectivity index (χ2n) is 9.29. The SMILES string of the molecule is CCCCCc1ccc(O)c2c1C[C@H]1C[C@H]3CC(=O)C(C(N)=O)C(=O)[C@@]3(O)C(=O)C1C2=O. The Kier molecular flexibility index (Phi) is 5.53. The second kappa shape index (κ2) is 7.92. The highest BCUT2D eigenvalue weighted by molar-refractivity contribution is 6.31. The van der Waals surface area contributed by atoms with Crippen molar-refractivity contribution < 1.29 is 34.2 Å². The fourth-order valence-corrected chi connectivity index (χ4v) is 5.83. The zero-order valence-corrected chi connectivity index (χ0v) is 17.9. The number of primary amides is 1. The highest BCUT2D eigenvalue weighted by Crippen LogP contribution is 2.50. The Labute approximate surface area is 185 Å². The first-order valence-corrected chi connectivity index (χ1v) is 11.1. The van der Waals surface area contributed by atoms with E-state index < -0.39 is 58.3 Å². The van der Waals surface area contributed by atoms with E-state index in [2.05, 4.69) is 6.92 Å². The number of aromatic hydroxyl groups is 1. The minimum absolute atomic E-state index is 0.0708. The van der Waals surface area contributed by atoms with Crippen LogP contribution in [0.15, 0.2) is 12.1 Å². The van der Waals surface area contributed by atoms with Crippen LogP contribution in [0.25, 0.3) is 0 Å². The Bertz CT molecular complexity index is 1050. The van der Waals surface area contributed by atoms with Gasteiger partial charge in [0.1, 0.15) is 5.75 Å². The van der Waals surface area contributed by atoms with E-state index >= 15 is 0 Å². The maximum atomic E-state index is 13.4. The number of aryl methyl sites for hydroxylation is 1. The predicted molar refractivity (Wildman–Crippen MR) is 112 cm³/mol. The Balaban J connectivity index is 1.75. The van der Waals surface area contributed by atoms with E-state index in [4.69, 9.17) is 5.73 Å². The van der Waals surface area contributed by atoms with Crippen molar-refractivity contribution in [2.24, 2.45) is 29.4 Å². The van der Waals surface area contributed by atoms with Crippen LogP contribution in [0.2, 0.25) is 0 Å². The topological polar surface area (TPSA) is 152 Å². The van der Waals surface area contributed by atoms with Crippen LogP contribution in [0.4, 0.5) is 0 Å². The van der Waals surface area contributed by atoms with Gasteiger partial charge in [0, 0.05) is 12.3 Å². The highest BCUT2D eigenvalue weighted by atomic mass is 16.3. The fraction of sp³-hybridized carbons (Fsp3) is 0.542. The molecular formula is C24H27NO7. The number of rotatable bonds is 5. The number of Topliss-reactive ketones (excluding diaryl/α,β-unsaturated/α-hetero) is 4. The molecular weight excluding hydrogens is 414 g/mol. The van der Waals surface area contributed by atoms with Gasteiger partial charge in [-0.3, -0.25) is 24.0 Å². The van der Waals surface area contributed by atoms with Gasteiger partial charge in [-0.25, -0.2) is 0 Å². The summed E-state index contributed by atoms with van der Waals surface area (Å²) in [6.07, 6.45) is 3.85. The third-order valence-corrected chi connectivity index (χ3v) is 7.43. The summed E-state index contributed by atoms with van der Waals surface area (Å²) in [6, 6.07) is 3.24. The first kappa shape index (κ1) is 22.3. The zero-order chi connectivity index (χ0) is 23.4. The number of phenolic OH excluding ortho intramolecular Hbond substituents is 1. The van der Waals surface area contributed by atoms with Crippen LogP contribution in [0.3, 0.4) is 0 Å². The van der Waals surface area contributed by atoms with E-state index in [1.54, 1.807) is 6.07 Å². The smallest absolute Gasteiger partial charge is 0.235 e. The zero-order valence-electron chi connectivity index (χ0n) is 17.9. The van der Waals surface area contributed by atoms with Gasteiger partial charge in [-0.05, 0) is 48.8 Å². The lowest BCUT2D eigenvalue weighted by molar-refractivity contribution is -0.175. The van der Waals surface area contributed by atoms with Crippen LogP contribution in [-0.4, -0.2) is 44.9 Å². The van der Waals surface area contributed by atoms with Crippen molar-refractivity contribution in [3.8, 4) is 5.75 Å².